The summed E-state index contributed by atoms with van der Waals surface area (Å²) in [5, 5.41) is 8.18. The fourth-order valence-electron chi connectivity index (χ4n) is 1.42. The summed E-state index contributed by atoms with van der Waals surface area (Å²) in [5.74, 6) is 1.67. The molecule has 0 aliphatic rings. The molecule has 1 aromatic rings. The SMILES string of the molecule is CN(C)c1nnc(CN)n1C(C)(C)C. The molecule has 1 heterocycles. The van der Waals surface area contributed by atoms with Gasteiger partial charge in [0.05, 0.1) is 6.54 Å². The molecule has 14 heavy (non-hydrogen) atoms. The summed E-state index contributed by atoms with van der Waals surface area (Å²) >= 11 is 0. The quantitative estimate of drug-likeness (QED) is 0.752. The van der Waals surface area contributed by atoms with Crippen LogP contribution >= 0.6 is 0 Å². The lowest BCUT2D eigenvalue weighted by Gasteiger charge is -2.26. The van der Waals surface area contributed by atoms with Crippen molar-refractivity contribution in [3.05, 3.63) is 5.82 Å². The number of aromatic nitrogens is 3. The summed E-state index contributed by atoms with van der Waals surface area (Å²) in [6.45, 7) is 6.76. The fourth-order valence-corrected chi connectivity index (χ4v) is 1.42. The maximum absolute atomic E-state index is 5.62. The zero-order valence-electron chi connectivity index (χ0n) is 9.57. The lowest BCUT2D eigenvalue weighted by molar-refractivity contribution is 0.384. The highest BCUT2D eigenvalue weighted by Gasteiger charge is 2.22. The molecule has 0 aromatic carbocycles. The maximum atomic E-state index is 5.62. The highest BCUT2D eigenvalue weighted by Crippen LogP contribution is 2.22. The van der Waals surface area contributed by atoms with Gasteiger partial charge >= 0.3 is 0 Å². The van der Waals surface area contributed by atoms with Gasteiger partial charge < -0.3 is 10.6 Å². The van der Waals surface area contributed by atoms with Gasteiger partial charge in [0, 0.05) is 19.6 Å². The molecule has 0 atom stereocenters. The van der Waals surface area contributed by atoms with Crippen LogP contribution in [0.2, 0.25) is 0 Å². The Kier molecular flexibility index (Phi) is 2.80. The molecular formula is C9H19N5. The molecule has 0 unspecified atom stereocenters. The van der Waals surface area contributed by atoms with E-state index in [1.54, 1.807) is 0 Å². The van der Waals surface area contributed by atoms with Crippen LogP contribution in [0.5, 0.6) is 0 Å². The van der Waals surface area contributed by atoms with E-state index >= 15 is 0 Å². The standard InChI is InChI=1S/C9H19N5/c1-9(2,3)14-7(6-10)11-12-8(14)13(4)5/h6,10H2,1-5H3. The molecule has 0 aliphatic carbocycles. The van der Waals surface area contributed by atoms with Gasteiger partial charge in [-0.2, -0.15) is 0 Å². The van der Waals surface area contributed by atoms with Gasteiger partial charge in [-0.1, -0.05) is 0 Å². The summed E-state index contributed by atoms with van der Waals surface area (Å²) in [7, 11) is 3.90. The highest BCUT2D eigenvalue weighted by molar-refractivity contribution is 5.29. The molecule has 80 valence electrons. The number of anilines is 1. The molecule has 0 amide bonds. The Labute approximate surface area is 84.9 Å². The summed E-state index contributed by atoms with van der Waals surface area (Å²) in [4.78, 5) is 1.94. The molecule has 1 rings (SSSR count). The van der Waals surface area contributed by atoms with Crippen molar-refractivity contribution in [3.63, 3.8) is 0 Å². The van der Waals surface area contributed by atoms with Crippen LogP contribution in [0.4, 0.5) is 5.95 Å². The van der Waals surface area contributed by atoms with E-state index in [0.717, 1.165) is 11.8 Å². The fraction of sp³-hybridized carbons (Fsp3) is 0.778. The van der Waals surface area contributed by atoms with Crippen LogP contribution in [0.3, 0.4) is 0 Å². The van der Waals surface area contributed by atoms with Crippen LogP contribution < -0.4 is 10.6 Å². The van der Waals surface area contributed by atoms with Crippen molar-refractivity contribution in [2.75, 3.05) is 19.0 Å². The maximum Gasteiger partial charge on any atom is 0.227 e. The Morgan fingerprint density at radius 2 is 1.86 bits per heavy atom. The zero-order valence-corrected chi connectivity index (χ0v) is 9.57. The summed E-state index contributed by atoms with van der Waals surface area (Å²) in [6, 6.07) is 0. The van der Waals surface area contributed by atoms with Gasteiger partial charge in [-0.3, -0.25) is 4.57 Å². The van der Waals surface area contributed by atoms with Gasteiger partial charge in [-0.15, -0.1) is 10.2 Å². The largest absolute Gasteiger partial charge is 0.347 e. The Bertz CT molecular complexity index is 307. The van der Waals surface area contributed by atoms with Crippen molar-refractivity contribution in [2.45, 2.75) is 32.9 Å². The highest BCUT2D eigenvalue weighted by atomic mass is 15.4. The van der Waals surface area contributed by atoms with E-state index < -0.39 is 0 Å². The first-order valence-electron chi connectivity index (χ1n) is 4.70. The third kappa shape index (κ3) is 1.87. The second-order valence-corrected chi connectivity index (χ2v) is 4.52. The van der Waals surface area contributed by atoms with Gasteiger partial charge in [-0.05, 0) is 20.8 Å². The van der Waals surface area contributed by atoms with E-state index in [-0.39, 0.29) is 5.54 Å². The van der Waals surface area contributed by atoms with Gasteiger partial charge in [0.1, 0.15) is 5.82 Å². The number of nitrogens with two attached hydrogens (primary N) is 1. The third-order valence-electron chi connectivity index (χ3n) is 1.97. The van der Waals surface area contributed by atoms with Crippen LogP contribution in [0.1, 0.15) is 26.6 Å². The van der Waals surface area contributed by atoms with Gasteiger partial charge in [0.15, 0.2) is 0 Å². The molecule has 0 bridgehead atoms. The lowest BCUT2D eigenvalue weighted by Crippen LogP contribution is -2.29. The smallest absolute Gasteiger partial charge is 0.227 e. The molecule has 0 saturated carbocycles. The molecule has 1 aromatic heterocycles. The monoisotopic (exact) mass is 197 g/mol. The van der Waals surface area contributed by atoms with E-state index in [9.17, 15) is 0 Å². The van der Waals surface area contributed by atoms with E-state index in [1.165, 1.54) is 0 Å². The van der Waals surface area contributed by atoms with Crippen molar-refractivity contribution in [1.82, 2.24) is 14.8 Å². The second-order valence-electron chi connectivity index (χ2n) is 4.52. The Morgan fingerprint density at radius 1 is 1.29 bits per heavy atom. The first kappa shape index (κ1) is 11.0. The van der Waals surface area contributed by atoms with Crippen molar-refractivity contribution in [3.8, 4) is 0 Å². The molecule has 0 saturated heterocycles. The van der Waals surface area contributed by atoms with E-state index in [0.29, 0.717) is 6.54 Å². The normalized spacial score (nSPS) is 11.9. The summed E-state index contributed by atoms with van der Waals surface area (Å²) in [6.07, 6.45) is 0. The first-order chi connectivity index (χ1) is 6.38. The average Bonchev–Trinajstić information content (AvgIpc) is 2.45. The van der Waals surface area contributed by atoms with Crippen molar-refractivity contribution >= 4 is 5.95 Å². The van der Waals surface area contributed by atoms with Crippen LogP contribution in [-0.4, -0.2) is 28.9 Å². The van der Waals surface area contributed by atoms with Crippen LogP contribution in [0.15, 0.2) is 0 Å². The van der Waals surface area contributed by atoms with Gasteiger partial charge in [0.2, 0.25) is 5.95 Å². The van der Waals surface area contributed by atoms with E-state index in [2.05, 4.69) is 35.5 Å². The minimum atomic E-state index is -0.0438. The van der Waals surface area contributed by atoms with Crippen LogP contribution in [0.25, 0.3) is 0 Å². The number of nitrogens with zero attached hydrogens (tertiary/aromatic N) is 4. The molecular weight excluding hydrogens is 178 g/mol. The molecule has 0 fully saturated rings. The number of hydrogen-bond donors (Lipinski definition) is 1. The average molecular weight is 197 g/mol. The first-order valence-corrected chi connectivity index (χ1v) is 4.70. The minimum absolute atomic E-state index is 0.0438. The van der Waals surface area contributed by atoms with E-state index in [4.69, 9.17) is 5.73 Å². The molecule has 5 nitrogen and oxygen atoms in total. The molecule has 0 spiro atoms. The predicted octanol–water partition coefficient (Wildman–Crippen LogP) is 0.558. The van der Waals surface area contributed by atoms with Crippen LogP contribution in [0, 0.1) is 0 Å². The predicted molar refractivity (Wildman–Crippen MR) is 57.2 cm³/mol. The Hall–Kier alpha value is -1.10. The third-order valence-corrected chi connectivity index (χ3v) is 1.97. The topological polar surface area (TPSA) is 60.0 Å². The number of rotatable bonds is 2. The molecule has 0 aliphatic heterocycles. The minimum Gasteiger partial charge on any atom is -0.347 e. The van der Waals surface area contributed by atoms with Crippen molar-refractivity contribution < 1.29 is 0 Å². The van der Waals surface area contributed by atoms with Gasteiger partial charge in [0.25, 0.3) is 0 Å². The molecule has 0 radical (unpaired) electrons. The van der Waals surface area contributed by atoms with Crippen LogP contribution in [-0.2, 0) is 12.1 Å². The zero-order chi connectivity index (χ0) is 10.9. The second kappa shape index (κ2) is 3.57. The Morgan fingerprint density at radius 3 is 2.21 bits per heavy atom. The van der Waals surface area contributed by atoms with Gasteiger partial charge in [-0.25, -0.2) is 0 Å². The van der Waals surface area contributed by atoms with E-state index in [1.807, 2.05) is 19.0 Å². The lowest BCUT2D eigenvalue weighted by atomic mass is 10.1. The number of hydrogen-bond acceptors (Lipinski definition) is 4. The van der Waals surface area contributed by atoms with Crippen molar-refractivity contribution in [2.24, 2.45) is 5.73 Å². The Balaban J connectivity index is 3.27. The van der Waals surface area contributed by atoms with Crippen molar-refractivity contribution in [1.29, 1.82) is 0 Å². The summed E-state index contributed by atoms with van der Waals surface area (Å²) < 4.78 is 2.06. The molecule has 5 heteroatoms. The molecule has 2 N–H and O–H groups in total. The summed E-state index contributed by atoms with van der Waals surface area (Å²) in [5.41, 5.74) is 5.58.